The number of rotatable bonds is 5. The molecule has 5 rings (SSSR count). The fraction of sp³-hybridized carbons (Fsp3) is 0.217. The van der Waals surface area contributed by atoms with Gasteiger partial charge in [-0.05, 0) is 48.2 Å². The number of benzene rings is 1. The van der Waals surface area contributed by atoms with Gasteiger partial charge in [0.05, 0.1) is 25.1 Å². The van der Waals surface area contributed by atoms with Crippen LogP contribution in [0.5, 0.6) is 0 Å². The van der Waals surface area contributed by atoms with E-state index in [2.05, 4.69) is 37.6 Å². The van der Waals surface area contributed by atoms with Crippen LogP contribution in [-0.4, -0.2) is 47.5 Å². The first kappa shape index (κ1) is 19.2. The highest BCUT2D eigenvalue weighted by molar-refractivity contribution is 5.79. The Balaban J connectivity index is 1.50. The number of nitrogens with one attached hydrogen (secondary N) is 2. The van der Waals surface area contributed by atoms with Crippen molar-refractivity contribution in [3.63, 3.8) is 0 Å². The van der Waals surface area contributed by atoms with Crippen LogP contribution >= 0.6 is 0 Å². The Kier molecular flexibility index (Phi) is 5.28. The van der Waals surface area contributed by atoms with Gasteiger partial charge in [-0.1, -0.05) is 0 Å². The standard InChI is InChI=1S/C23H22N6O2/c30-15-21-22-16(5-6-25-21)13-19(20-14-24-7-8-26-20)28-23(22)27-17-1-3-18(4-2-17)29-9-11-31-12-10-29/h1-8,13-15,21,25H,9-12H2,(H,27,28). The smallest absolute Gasteiger partial charge is 0.146 e. The van der Waals surface area contributed by atoms with Crippen LogP contribution in [0.2, 0.25) is 0 Å². The number of anilines is 3. The van der Waals surface area contributed by atoms with E-state index in [1.807, 2.05) is 24.3 Å². The number of nitrogens with zero attached hydrogens (tertiary/aromatic N) is 4. The van der Waals surface area contributed by atoms with E-state index >= 15 is 0 Å². The Morgan fingerprint density at radius 2 is 1.97 bits per heavy atom. The number of carbonyl (C=O) groups excluding carboxylic acids is 1. The maximum absolute atomic E-state index is 11.7. The summed E-state index contributed by atoms with van der Waals surface area (Å²) in [4.78, 5) is 27.3. The Labute approximate surface area is 180 Å². The predicted molar refractivity (Wildman–Crippen MR) is 119 cm³/mol. The minimum Gasteiger partial charge on any atom is -0.378 e. The molecular weight excluding hydrogens is 392 g/mol. The lowest BCUT2D eigenvalue weighted by molar-refractivity contribution is -0.109. The van der Waals surface area contributed by atoms with E-state index in [0.29, 0.717) is 17.2 Å². The van der Waals surface area contributed by atoms with Crippen molar-refractivity contribution in [2.24, 2.45) is 0 Å². The fourth-order valence-corrected chi connectivity index (χ4v) is 3.84. The number of carbonyl (C=O) groups is 1. The molecular formula is C23H22N6O2. The molecule has 3 aromatic rings. The van der Waals surface area contributed by atoms with Gasteiger partial charge in [0.2, 0.25) is 0 Å². The maximum atomic E-state index is 11.7. The van der Waals surface area contributed by atoms with Crippen LogP contribution in [-0.2, 0) is 9.53 Å². The lowest BCUT2D eigenvalue weighted by atomic mass is 9.98. The zero-order valence-electron chi connectivity index (χ0n) is 16.9. The second kappa shape index (κ2) is 8.53. The van der Waals surface area contributed by atoms with Crippen LogP contribution in [0.4, 0.5) is 17.2 Å². The van der Waals surface area contributed by atoms with Crippen molar-refractivity contribution < 1.29 is 9.53 Å². The van der Waals surface area contributed by atoms with Crippen LogP contribution in [0.15, 0.2) is 55.1 Å². The molecule has 0 aliphatic carbocycles. The summed E-state index contributed by atoms with van der Waals surface area (Å²) in [6, 6.07) is 9.67. The summed E-state index contributed by atoms with van der Waals surface area (Å²) in [5.41, 5.74) is 5.14. The number of aldehydes is 1. The van der Waals surface area contributed by atoms with Gasteiger partial charge in [0.1, 0.15) is 23.8 Å². The third-order valence-electron chi connectivity index (χ3n) is 5.41. The minimum atomic E-state index is -0.474. The molecule has 2 aliphatic rings. The van der Waals surface area contributed by atoms with Gasteiger partial charge in [0.25, 0.3) is 0 Å². The van der Waals surface area contributed by atoms with E-state index in [9.17, 15) is 4.79 Å². The van der Waals surface area contributed by atoms with Gasteiger partial charge in [-0.15, -0.1) is 0 Å². The van der Waals surface area contributed by atoms with Gasteiger partial charge < -0.3 is 25.1 Å². The van der Waals surface area contributed by atoms with Crippen LogP contribution in [0.1, 0.15) is 17.2 Å². The van der Waals surface area contributed by atoms with E-state index in [0.717, 1.165) is 55.1 Å². The van der Waals surface area contributed by atoms with Crippen molar-refractivity contribution >= 4 is 29.6 Å². The monoisotopic (exact) mass is 414 g/mol. The normalized spacial score (nSPS) is 17.5. The molecule has 1 fully saturated rings. The summed E-state index contributed by atoms with van der Waals surface area (Å²) in [5.74, 6) is 0.617. The molecule has 0 bridgehead atoms. The zero-order valence-corrected chi connectivity index (χ0v) is 16.9. The molecule has 0 saturated carbocycles. The van der Waals surface area contributed by atoms with Gasteiger partial charge in [-0.25, -0.2) is 4.98 Å². The van der Waals surface area contributed by atoms with Crippen LogP contribution in [0.3, 0.4) is 0 Å². The molecule has 8 heteroatoms. The third kappa shape index (κ3) is 3.97. The van der Waals surface area contributed by atoms with Crippen molar-refractivity contribution in [1.29, 1.82) is 0 Å². The number of aromatic nitrogens is 3. The first-order chi connectivity index (χ1) is 15.3. The molecule has 1 atom stereocenters. The topological polar surface area (TPSA) is 92.3 Å². The van der Waals surface area contributed by atoms with Crippen molar-refractivity contribution in [3.8, 4) is 11.4 Å². The Bertz CT molecular complexity index is 1100. The molecule has 156 valence electrons. The number of pyridine rings is 1. The first-order valence-electron chi connectivity index (χ1n) is 10.2. The summed E-state index contributed by atoms with van der Waals surface area (Å²) >= 11 is 0. The highest BCUT2D eigenvalue weighted by atomic mass is 16.5. The molecule has 0 spiro atoms. The van der Waals surface area contributed by atoms with Crippen LogP contribution in [0, 0.1) is 0 Å². The average molecular weight is 414 g/mol. The van der Waals surface area contributed by atoms with E-state index in [1.165, 1.54) is 0 Å². The SMILES string of the molecule is O=CC1NC=Cc2cc(-c3cnccn3)nc(Nc3ccc(N4CCOCC4)cc3)c21. The van der Waals surface area contributed by atoms with Gasteiger partial charge in [0, 0.05) is 42.4 Å². The quantitative estimate of drug-likeness (QED) is 0.616. The lowest BCUT2D eigenvalue weighted by Crippen LogP contribution is -2.36. The fourth-order valence-electron chi connectivity index (χ4n) is 3.84. The second-order valence-corrected chi connectivity index (χ2v) is 7.33. The Hall–Kier alpha value is -3.78. The molecule has 2 N–H and O–H groups in total. The highest BCUT2D eigenvalue weighted by Crippen LogP contribution is 2.33. The largest absolute Gasteiger partial charge is 0.378 e. The summed E-state index contributed by atoms with van der Waals surface area (Å²) in [7, 11) is 0. The Morgan fingerprint density at radius 3 is 2.71 bits per heavy atom. The molecule has 31 heavy (non-hydrogen) atoms. The predicted octanol–water partition coefficient (Wildman–Crippen LogP) is 2.93. The number of fused-ring (bicyclic) bond motifs is 1. The van der Waals surface area contributed by atoms with Crippen LogP contribution in [0.25, 0.3) is 17.5 Å². The third-order valence-corrected chi connectivity index (χ3v) is 5.41. The van der Waals surface area contributed by atoms with Crippen molar-refractivity contribution in [1.82, 2.24) is 20.3 Å². The molecule has 1 unspecified atom stereocenters. The zero-order chi connectivity index (χ0) is 21.0. The molecule has 1 aromatic carbocycles. The van der Waals surface area contributed by atoms with Gasteiger partial charge in [-0.3, -0.25) is 9.97 Å². The van der Waals surface area contributed by atoms with Gasteiger partial charge >= 0.3 is 0 Å². The van der Waals surface area contributed by atoms with Crippen molar-refractivity contribution in [2.75, 3.05) is 36.5 Å². The van der Waals surface area contributed by atoms with E-state index < -0.39 is 6.04 Å². The maximum Gasteiger partial charge on any atom is 0.146 e. The molecule has 4 heterocycles. The second-order valence-electron chi connectivity index (χ2n) is 7.33. The van der Waals surface area contributed by atoms with Crippen molar-refractivity contribution in [3.05, 3.63) is 66.2 Å². The molecule has 2 aromatic heterocycles. The van der Waals surface area contributed by atoms with Gasteiger partial charge in [0.15, 0.2) is 0 Å². The van der Waals surface area contributed by atoms with Gasteiger partial charge in [-0.2, -0.15) is 0 Å². The number of hydrogen-bond acceptors (Lipinski definition) is 8. The molecule has 0 radical (unpaired) electrons. The summed E-state index contributed by atoms with van der Waals surface area (Å²) < 4.78 is 5.43. The molecule has 8 nitrogen and oxygen atoms in total. The Morgan fingerprint density at radius 1 is 1.13 bits per heavy atom. The first-order valence-corrected chi connectivity index (χ1v) is 10.2. The summed E-state index contributed by atoms with van der Waals surface area (Å²) in [6.07, 6.45) is 9.55. The lowest BCUT2D eigenvalue weighted by Gasteiger charge is -2.29. The number of morpholine rings is 1. The van der Waals surface area contributed by atoms with E-state index in [-0.39, 0.29) is 0 Å². The average Bonchev–Trinajstić information content (AvgIpc) is 2.85. The number of ether oxygens (including phenoxy) is 1. The minimum absolute atomic E-state index is 0.474. The molecule has 0 amide bonds. The van der Waals surface area contributed by atoms with Crippen LogP contribution < -0.4 is 15.5 Å². The molecule has 2 aliphatic heterocycles. The summed E-state index contributed by atoms with van der Waals surface area (Å²) in [5, 5.41) is 6.49. The molecule has 1 saturated heterocycles. The van der Waals surface area contributed by atoms with E-state index in [4.69, 9.17) is 9.72 Å². The summed E-state index contributed by atoms with van der Waals surface area (Å²) in [6.45, 7) is 3.28. The highest BCUT2D eigenvalue weighted by Gasteiger charge is 2.23. The van der Waals surface area contributed by atoms with E-state index in [1.54, 1.807) is 24.8 Å². The number of hydrogen-bond donors (Lipinski definition) is 2. The van der Waals surface area contributed by atoms with Crippen molar-refractivity contribution in [2.45, 2.75) is 6.04 Å².